The number of nitrogens with zero attached hydrogens (tertiary/aromatic N) is 3. The van der Waals surface area contributed by atoms with E-state index in [0.29, 0.717) is 5.95 Å². The van der Waals surface area contributed by atoms with Crippen LogP contribution in [0, 0.1) is 6.92 Å². The lowest BCUT2D eigenvalue weighted by Gasteiger charge is -2.25. The fourth-order valence-electron chi connectivity index (χ4n) is 2.28. The van der Waals surface area contributed by atoms with Crippen molar-refractivity contribution in [2.45, 2.75) is 32.7 Å². The number of amides is 1. The second-order valence-electron chi connectivity index (χ2n) is 4.48. The van der Waals surface area contributed by atoms with E-state index in [-0.39, 0.29) is 11.9 Å². The van der Waals surface area contributed by atoms with Crippen molar-refractivity contribution in [3.8, 4) is 0 Å². The molecule has 98 valence electrons. The number of aromatic nitrogens is 2. The van der Waals surface area contributed by atoms with E-state index in [0.717, 1.165) is 37.3 Å². The van der Waals surface area contributed by atoms with Crippen LogP contribution in [0.4, 0.5) is 11.8 Å². The number of anilines is 2. The van der Waals surface area contributed by atoms with Crippen LogP contribution in [0.1, 0.15) is 25.3 Å². The molecule has 0 saturated carbocycles. The minimum Gasteiger partial charge on any atom is -0.368 e. The van der Waals surface area contributed by atoms with Gasteiger partial charge in [0, 0.05) is 24.8 Å². The summed E-state index contributed by atoms with van der Waals surface area (Å²) in [5.74, 6) is 1.12. The van der Waals surface area contributed by atoms with Crippen LogP contribution in [0.15, 0.2) is 6.20 Å². The Labute approximate surface area is 107 Å². The largest absolute Gasteiger partial charge is 0.368 e. The first-order chi connectivity index (χ1) is 8.63. The van der Waals surface area contributed by atoms with Crippen LogP contribution < -0.4 is 16.0 Å². The summed E-state index contributed by atoms with van der Waals surface area (Å²) in [7, 11) is 0. The van der Waals surface area contributed by atoms with Crippen LogP contribution in [0.2, 0.25) is 0 Å². The normalized spacial score (nSPS) is 19.0. The van der Waals surface area contributed by atoms with Gasteiger partial charge >= 0.3 is 0 Å². The van der Waals surface area contributed by atoms with Crippen molar-refractivity contribution in [3.05, 3.63) is 11.8 Å². The van der Waals surface area contributed by atoms with E-state index in [1.807, 2.05) is 18.7 Å². The molecule has 6 heteroatoms. The third-order valence-corrected chi connectivity index (χ3v) is 3.13. The molecule has 1 fully saturated rings. The zero-order valence-corrected chi connectivity index (χ0v) is 10.8. The summed E-state index contributed by atoms with van der Waals surface area (Å²) in [6.07, 6.45) is 3.54. The van der Waals surface area contributed by atoms with E-state index in [9.17, 15) is 4.79 Å². The maximum Gasteiger partial charge on any atom is 0.240 e. The fraction of sp³-hybridized carbons (Fsp3) is 0.583. The fourth-order valence-corrected chi connectivity index (χ4v) is 2.28. The van der Waals surface area contributed by atoms with Crippen LogP contribution in [0.3, 0.4) is 0 Å². The van der Waals surface area contributed by atoms with Crippen molar-refractivity contribution in [1.29, 1.82) is 0 Å². The third kappa shape index (κ3) is 2.37. The molecule has 1 atom stereocenters. The number of primary amides is 1. The summed E-state index contributed by atoms with van der Waals surface area (Å²) in [6, 6.07) is -0.243. The Morgan fingerprint density at radius 2 is 2.44 bits per heavy atom. The summed E-state index contributed by atoms with van der Waals surface area (Å²) in [6.45, 7) is 5.52. The predicted octanol–water partition coefficient (Wildman–Crippen LogP) is 0.671. The summed E-state index contributed by atoms with van der Waals surface area (Å²) in [5.41, 5.74) is 6.40. The number of aryl methyl sites for hydroxylation is 1. The molecule has 1 amide bonds. The molecule has 0 aromatic carbocycles. The third-order valence-electron chi connectivity index (χ3n) is 3.13. The average molecular weight is 249 g/mol. The summed E-state index contributed by atoms with van der Waals surface area (Å²) in [4.78, 5) is 22.1. The van der Waals surface area contributed by atoms with E-state index >= 15 is 0 Å². The van der Waals surface area contributed by atoms with Crippen molar-refractivity contribution in [2.75, 3.05) is 23.3 Å². The van der Waals surface area contributed by atoms with Gasteiger partial charge in [0.05, 0.1) is 0 Å². The van der Waals surface area contributed by atoms with E-state index in [4.69, 9.17) is 5.73 Å². The van der Waals surface area contributed by atoms with Crippen molar-refractivity contribution < 1.29 is 4.79 Å². The average Bonchev–Trinajstić information content (AvgIpc) is 2.81. The molecule has 3 N–H and O–H groups in total. The van der Waals surface area contributed by atoms with E-state index in [1.165, 1.54) is 0 Å². The summed E-state index contributed by atoms with van der Waals surface area (Å²) < 4.78 is 0. The molecule has 2 rings (SSSR count). The zero-order chi connectivity index (χ0) is 13.1. The van der Waals surface area contributed by atoms with E-state index < -0.39 is 0 Å². The van der Waals surface area contributed by atoms with Crippen LogP contribution in [0.5, 0.6) is 0 Å². The summed E-state index contributed by atoms with van der Waals surface area (Å²) in [5, 5.41) is 3.08. The molecular formula is C12H19N5O. The molecule has 1 aromatic rings. The van der Waals surface area contributed by atoms with Gasteiger partial charge in [-0.3, -0.25) is 4.79 Å². The van der Waals surface area contributed by atoms with E-state index in [1.54, 1.807) is 6.20 Å². The van der Waals surface area contributed by atoms with Gasteiger partial charge in [-0.05, 0) is 26.7 Å². The lowest BCUT2D eigenvalue weighted by atomic mass is 10.2. The molecule has 18 heavy (non-hydrogen) atoms. The van der Waals surface area contributed by atoms with Gasteiger partial charge in [0.2, 0.25) is 11.9 Å². The highest BCUT2D eigenvalue weighted by Crippen LogP contribution is 2.26. The van der Waals surface area contributed by atoms with Crippen molar-refractivity contribution >= 4 is 17.7 Å². The Bertz CT molecular complexity index is 448. The Balaban J connectivity index is 2.31. The van der Waals surface area contributed by atoms with Crippen molar-refractivity contribution in [3.63, 3.8) is 0 Å². The highest BCUT2D eigenvalue weighted by Gasteiger charge is 2.31. The van der Waals surface area contributed by atoms with Crippen LogP contribution in [0.25, 0.3) is 0 Å². The number of nitrogens with one attached hydrogen (secondary N) is 1. The Hall–Kier alpha value is -1.85. The molecule has 0 spiro atoms. The second kappa shape index (κ2) is 5.20. The molecule has 2 heterocycles. The second-order valence-corrected chi connectivity index (χ2v) is 4.48. The first-order valence-corrected chi connectivity index (χ1v) is 6.27. The lowest BCUT2D eigenvalue weighted by molar-refractivity contribution is -0.119. The van der Waals surface area contributed by atoms with Gasteiger partial charge in [0.15, 0.2) is 0 Å². The van der Waals surface area contributed by atoms with Gasteiger partial charge in [0.1, 0.15) is 11.9 Å². The summed E-state index contributed by atoms with van der Waals surface area (Å²) >= 11 is 0. The number of hydrogen-bond donors (Lipinski definition) is 2. The monoisotopic (exact) mass is 249 g/mol. The maximum absolute atomic E-state index is 11.4. The number of carbonyl (C=O) groups excluding carboxylic acids is 1. The van der Waals surface area contributed by atoms with Gasteiger partial charge in [-0.25, -0.2) is 4.98 Å². The molecule has 1 aliphatic rings. The highest BCUT2D eigenvalue weighted by atomic mass is 16.1. The molecule has 1 aliphatic heterocycles. The van der Waals surface area contributed by atoms with E-state index in [2.05, 4.69) is 15.3 Å². The molecule has 0 radical (unpaired) electrons. The predicted molar refractivity (Wildman–Crippen MR) is 70.5 cm³/mol. The molecule has 0 aliphatic carbocycles. The molecule has 1 unspecified atom stereocenters. The van der Waals surface area contributed by atoms with Gasteiger partial charge in [-0.1, -0.05) is 0 Å². The maximum atomic E-state index is 11.4. The first kappa shape index (κ1) is 12.6. The lowest BCUT2D eigenvalue weighted by Crippen LogP contribution is -2.41. The first-order valence-electron chi connectivity index (χ1n) is 6.27. The molecule has 0 bridgehead atoms. The quantitative estimate of drug-likeness (QED) is 0.819. The minimum atomic E-state index is -0.282. The Morgan fingerprint density at radius 1 is 1.67 bits per heavy atom. The topological polar surface area (TPSA) is 84.1 Å². The minimum absolute atomic E-state index is 0.243. The van der Waals surface area contributed by atoms with Gasteiger partial charge < -0.3 is 16.0 Å². The Morgan fingerprint density at radius 3 is 3.11 bits per heavy atom. The van der Waals surface area contributed by atoms with Crippen LogP contribution >= 0.6 is 0 Å². The van der Waals surface area contributed by atoms with Gasteiger partial charge in [0.25, 0.3) is 0 Å². The smallest absolute Gasteiger partial charge is 0.240 e. The van der Waals surface area contributed by atoms with Gasteiger partial charge in [-0.15, -0.1) is 0 Å². The Kier molecular flexibility index (Phi) is 3.64. The van der Waals surface area contributed by atoms with Crippen molar-refractivity contribution in [1.82, 2.24) is 9.97 Å². The molecule has 6 nitrogen and oxygen atoms in total. The number of rotatable bonds is 4. The SMILES string of the molecule is CCNc1ncc(C)c(N2CCCC2C(N)=O)n1. The molecular weight excluding hydrogens is 230 g/mol. The number of nitrogens with two attached hydrogens (primary N) is 1. The van der Waals surface area contributed by atoms with Crippen LogP contribution in [-0.4, -0.2) is 35.0 Å². The van der Waals surface area contributed by atoms with Crippen LogP contribution in [-0.2, 0) is 4.79 Å². The number of hydrogen-bond acceptors (Lipinski definition) is 5. The highest BCUT2D eigenvalue weighted by molar-refractivity contribution is 5.84. The zero-order valence-electron chi connectivity index (χ0n) is 10.8. The number of carbonyl (C=O) groups is 1. The molecule has 1 saturated heterocycles. The standard InChI is InChI=1S/C12H19N5O/c1-3-14-12-15-7-8(2)11(16-12)17-6-4-5-9(17)10(13)18/h7,9H,3-6H2,1-2H3,(H2,13,18)(H,14,15,16). The van der Waals surface area contributed by atoms with Crippen molar-refractivity contribution in [2.24, 2.45) is 5.73 Å². The molecule has 1 aromatic heterocycles. The van der Waals surface area contributed by atoms with Gasteiger partial charge in [-0.2, -0.15) is 4.98 Å².